The summed E-state index contributed by atoms with van der Waals surface area (Å²) in [4.78, 5) is 15.2. The molecule has 0 radical (unpaired) electrons. The van der Waals surface area contributed by atoms with E-state index < -0.39 is 0 Å². The van der Waals surface area contributed by atoms with Crippen molar-refractivity contribution in [3.8, 4) is 6.07 Å². The number of hydrogen-bond acceptors (Lipinski definition) is 3. The molecule has 14 heavy (non-hydrogen) atoms. The van der Waals surface area contributed by atoms with Crippen LogP contribution in [0.2, 0.25) is 0 Å². The van der Waals surface area contributed by atoms with Gasteiger partial charge in [0, 0.05) is 26.6 Å². The maximum absolute atomic E-state index is 11.5. The van der Waals surface area contributed by atoms with Crippen molar-refractivity contribution >= 4 is 5.91 Å². The van der Waals surface area contributed by atoms with Gasteiger partial charge in [-0.3, -0.25) is 9.69 Å². The number of rotatable bonds is 6. The van der Waals surface area contributed by atoms with Gasteiger partial charge < -0.3 is 4.90 Å². The van der Waals surface area contributed by atoms with Crippen molar-refractivity contribution in [1.82, 2.24) is 9.80 Å². The molecule has 0 aromatic rings. The monoisotopic (exact) mass is 197 g/mol. The molecule has 0 aromatic heterocycles. The van der Waals surface area contributed by atoms with E-state index in [0.29, 0.717) is 19.5 Å². The molecule has 0 saturated carbocycles. The topological polar surface area (TPSA) is 47.3 Å². The van der Waals surface area contributed by atoms with Crippen molar-refractivity contribution in [2.45, 2.75) is 20.3 Å². The van der Waals surface area contributed by atoms with Gasteiger partial charge in [-0.25, -0.2) is 0 Å². The zero-order valence-electron chi connectivity index (χ0n) is 9.29. The summed E-state index contributed by atoms with van der Waals surface area (Å²) in [5.41, 5.74) is 0. The van der Waals surface area contributed by atoms with Gasteiger partial charge in [0.15, 0.2) is 0 Å². The number of carbonyl (C=O) groups excluding carboxylic acids is 1. The molecule has 0 saturated heterocycles. The zero-order valence-corrected chi connectivity index (χ0v) is 9.29. The van der Waals surface area contributed by atoms with Gasteiger partial charge >= 0.3 is 0 Å². The molecule has 0 atom stereocenters. The number of nitriles is 1. The molecule has 0 unspecified atom stereocenters. The molecule has 0 spiro atoms. The van der Waals surface area contributed by atoms with E-state index in [-0.39, 0.29) is 5.91 Å². The Morgan fingerprint density at radius 3 is 2.43 bits per heavy atom. The average molecular weight is 197 g/mol. The third-order valence-electron chi connectivity index (χ3n) is 2.25. The molecule has 0 aromatic carbocycles. The van der Waals surface area contributed by atoms with Gasteiger partial charge in [0.2, 0.25) is 5.91 Å². The Balaban J connectivity index is 3.93. The number of hydrogen-bond donors (Lipinski definition) is 0. The maximum atomic E-state index is 11.5. The lowest BCUT2D eigenvalue weighted by molar-refractivity contribution is -0.130. The second-order valence-electron chi connectivity index (χ2n) is 3.18. The normalized spacial score (nSPS) is 9.93. The highest BCUT2D eigenvalue weighted by molar-refractivity contribution is 5.77. The molecule has 80 valence electrons. The van der Waals surface area contributed by atoms with E-state index in [0.717, 1.165) is 13.1 Å². The van der Waals surface area contributed by atoms with Crippen molar-refractivity contribution in [3.05, 3.63) is 0 Å². The molecule has 0 bridgehead atoms. The number of likely N-dealkylation sites (N-methyl/N-ethyl adjacent to an activating group) is 2. The van der Waals surface area contributed by atoms with Crippen LogP contribution in [0.4, 0.5) is 0 Å². The quantitative estimate of drug-likeness (QED) is 0.629. The highest BCUT2D eigenvalue weighted by Gasteiger charge is 2.11. The van der Waals surface area contributed by atoms with Gasteiger partial charge in [0.05, 0.1) is 12.6 Å². The molecule has 0 aliphatic carbocycles. The standard InChI is InChI=1S/C10H19N3O/c1-4-12(3)10(14)9-13(5-2)8-6-7-11/h4-6,8-9H2,1-3H3. The van der Waals surface area contributed by atoms with Gasteiger partial charge in [-0.15, -0.1) is 0 Å². The van der Waals surface area contributed by atoms with Crippen LogP contribution in [0.1, 0.15) is 20.3 Å². The van der Waals surface area contributed by atoms with Gasteiger partial charge in [-0.05, 0) is 13.5 Å². The predicted molar refractivity (Wildman–Crippen MR) is 55.7 cm³/mol. The predicted octanol–water partition coefficient (Wildman–Crippen LogP) is 0.700. The van der Waals surface area contributed by atoms with Gasteiger partial charge in [0.1, 0.15) is 0 Å². The summed E-state index contributed by atoms with van der Waals surface area (Å²) in [6.07, 6.45) is 0.483. The number of nitrogens with zero attached hydrogens (tertiary/aromatic N) is 3. The summed E-state index contributed by atoms with van der Waals surface area (Å²) >= 11 is 0. The van der Waals surface area contributed by atoms with Crippen molar-refractivity contribution in [1.29, 1.82) is 5.26 Å². The summed E-state index contributed by atoms with van der Waals surface area (Å²) in [5, 5.41) is 8.43. The Bertz CT molecular complexity index is 210. The smallest absolute Gasteiger partial charge is 0.236 e. The van der Waals surface area contributed by atoms with Crippen LogP contribution in [-0.4, -0.2) is 48.9 Å². The molecule has 4 heteroatoms. The van der Waals surface area contributed by atoms with E-state index in [2.05, 4.69) is 6.07 Å². The van der Waals surface area contributed by atoms with E-state index in [9.17, 15) is 4.79 Å². The molecular formula is C10H19N3O. The van der Waals surface area contributed by atoms with Gasteiger partial charge in [0.25, 0.3) is 0 Å². The lowest BCUT2D eigenvalue weighted by Crippen LogP contribution is -2.38. The van der Waals surface area contributed by atoms with Crippen LogP contribution in [0.25, 0.3) is 0 Å². The van der Waals surface area contributed by atoms with Gasteiger partial charge in [-0.2, -0.15) is 5.26 Å². The van der Waals surface area contributed by atoms with E-state index in [1.54, 1.807) is 11.9 Å². The number of carbonyl (C=O) groups is 1. The van der Waals surface area contributed by atoms with Crippen LogP contribution in [0.15, 0.2) is 0 Å². The minimum Gasteiger partial charge on any atom is -0.345 e. The second-order valence-corrected chi connectivity index (χ2v) is 3.18. The largest absolute Gasteiger partial charge is 0.345 e. The van der Waals surface area contributed by atoms with Crippen LogP contribution >= 0.6 is 0 Å². The molecular weight excluding hydrogens is 178 g/mol. The van der Waals surface area contributed by atoms with Crippen LogP contribution in [0.3, 0.4) is 0 Å². The van der Waals surface area contributed by atoms with Crippen molar-refractivity contribution in [2.75, 3.05) is 33.2 Å². The van der Waals surface area contributed by atoms with Crippen LogP contribution in [0.5, 0.6) is 0 Å². The first-order valence-electron chi connectivity index (χ1n) is 4.98. The molecule has 0 fully saturated rings. The molecule has 4 nitrogen and oxygen atoms in total. The Kier molecular flexibility index (Phi) is 6.77. The molecule has 1 amide bonds. The lowest BCUT2D eigenvalue weighted by Gasteiger charge is -2.22. The fraction of sp³-hybridized carbons (Fsp3) is 0.800. The van der Waals surface area contributed by atoms with Crippen LogP contribution in [-0.2, 0) is 4.79 Å². The van der Waals surface area contributed by atoms with E-state index >= 15 is 0 Å². The van der Waals surface area contributed by atoms with E-state index in [1.165, 1.54) is 0 Å². The Labute approximate surface area is 86.1 Å². The van der Waals surface area contributed by atoms with Crippen LogP contribution < -0.4 is 0 Å². The minimum atomic E-state index is 0.118. The summed E-state index contributed by atoms with van der Waals surface area (Å²) in [7, 11) is 1.79. The molecule has 0 rings (SSSR count). The van der Waals surface area contributed by atoms with Gasteiger partial charge in [-0.1, -0.05) is 6.92 Å². The highest BCUT2D eigenvalue weighted by atomic mass is 16.2. The zero-order chi connectivity index (χ0) is 11.0. The lowest BCUT2D eigenvalue weighted by atomic mass is 10.3. The summed E-state index contributed by atoms with van der Waals surface area (Å²) in [6.45, 7) is 6.58. The minimum absolute atomic E-state index is 0.118. The fourth-order valence-corrected chi connectivity index (χ4v) is 1.05. The summed E-state index contributed by atoms with van der Waals surface area (Å²) in [5.74, 6) is 0.118. The van der Waals surface area contributed by atoms with Crippen molar-refractivity contribution in [2.24, 2.45) is 0 Å². The Morgan fingerprint density at radius 1 is 1.36 bits per heavy atom. The first kappa shape index (κ1) is 12.9. The average Bonchev–Trinajstić information content (AvgIpc) is 2.22. The summed E-state index contributed by atoms with van der Waals surface area (Å²) in [6, 6.07) is 2.08. The first-order valence-corrected chi connectivity index (χ1v) is 4.98. The van der Waals surface area contributed by atoms with Crippen LogP contribution in [0, 0.1) is 11.3 Å². The van der Waals surface area contributed by atoms with Crippen molar-refractivity contribution in [3.63, 3.8) is 0 Å². The fourth-order valence-electron chi connectivity index (χ4n) is 1.05. The number of amides is 1. The maximum Gasteiger partial charge on any atom is 0.236 e. The van der Waals surface area contributed by atoms with Crippen molar-refractivity contribution < 1.29 is 4.79 Å². The first-order chi connectivity index (χ1) is 6.65. The molecule has 0 aliphatic heterocycles. The Hall–Kier alpha value is -1.08. The SMILES string of the molecule is CCN(CCC#N)CC(=O)N(C)CC. The molecule has 0 N–H and O–H groups in total. The summed E-state index contributed by atoms with van der Waals surface area (Å²) < 4.78 is 0. The third kappa shape index (κ3) is 4.83. The Morgan fingerprint density at radius 2 is 2.00 bits per heavy atom. The third-order valence-corrected chi connectivity index (χ3v) is 2.25. The molecule has 0 heterocycles. The highest BCUT2D eigenvalue weighted by Crippen LogP contribution is 1.93. The van der Waals surface area contributed by atoms with E-state index in [4.69, 9.17) is 5.26 Å². The van der Waals surface area contributed by atoms with E-state index in [1.807, 2.05) is 18.7 Å². The molecule has 0 aliphatic rings. The second kappa shape index (κ2) is 7.34.